The van der Waals surface area contributed by atoms with Gasteiger partial charge in [0.2, 0.25) is 0 Å². The van der Waals surface area contributed by atoms with Crippen molar-refractivity contribution in [2.45, 2.75) is 101 Å². The molecule has 2 heterocycles. The Morgan fingerprint density at radius 2 is 1.71 bits per heavy atom. The maximum atomic E-state index is 13.6. The summed E-state index contributed by atoms with van der Waals surface area (Å²) in [5.74, 6) is -2.30. The molecule has 232 valence electrons. The van der Waals surface area contributed by atoms with Crippen LogP contribution in [0.25, 0.3) is 0 Å². The number of aliphatic hydroxyl groups excluding tert-OH is 1. The Balaban J connectivity index is 1.75. The Morgan fingerprint density at radius 1 is 1.05 bits per heavy atom. The normalized spacial score (nSPS) is 29.2. The first-order chi connectivity index (χ1) is 20.4. The van der Waals surface area contributed by atoms with E-state index in [0.29, 0.717) is 38.2 Å². The number of carbonyl (C=O) groups is 1. The maximum Gasteiger partial charge on any atom is 0.372 e. The van der Waals surface area contributed by atoms with E-state index < -0.39 is 35.5 Å². The largest absolute Gasteiger partial charge is 0.465 e. The standard InChI is InChI=1S/C33H45ClO8/c1-3-4-14-25-20-21-28(35)27(25)17-8-11-22-32(41-29-18-9-12-23-38-29,42-30-19-10-13-24-39-30)33(34,31(36)37-2)40-26-15-6-5-7-16-26/h4-8,14-16,22,25,27-30,35H,3,9-10,12-13,17-21,23-24H2,1-2H3/b14-4+/t11?,25-,27+,28-,29?,30?,32?,33?/m0/s1/i41+0,42+0. The topological polar surface area (TPSA) is 92.7 Å². The number of alkyl halides is 1. The average molecular weight is 605 g/mol. The number of ether oxygens (including phenoxy) is 6. The maximum absolute atomic E-state index is 13.6. The first kappa shape index (κ1) is 32.7. The lowest BCUT2D eigenvalue weighted by molar-refractivity contribution is -0.365. The van der Waals surface area contributed by atoms with Crippen LogP contribution in [0.5, 0.6) is 5.75 Å². The minimum absolute atomic E-state index is 0.0511. The summed E-state index contributed by atoms with van der Waals surface area (Å²) < 4.78 is 36.3. The lowest BCUT2D eigenvalue weighted by Gasteiger charge is -2.45. The van der Waals surface area contributed by atoms with Gasteiger partial charge >= 0.3 is 11.0 Å². The van der Waals surface area contributed by atoms with Gasteiger partial charge in [0, 0.05) is 19.3 Å². The van der Waals surface area contributed by atoms with Gasteiger partial charge in [0.1, 0.15) is 5.75 Å². The third-order valence-electron chi connectivity index (χ3n) is 8.03. The SMILES string of the molecule is CC/C=C/[C@H]1CC[C@H](O)[C@@H]1CC=C=CC([16O]C1CCCCO1)([16O]C1CCCCO1)C(Cl)(Oc1ccccc1)C(=O)OC. The number of rotatable bonds is 13. The number of benzene rings is 1. The summed E-state index contributed by atoms with van der Waals surface area (Å²) in [6.07, 6.45) is 13.7. The molecular weight excluding hydrogens is 560 g/mol. The number of halogens is 1. The highest BCUT2D eigenvalue weighted by atomic mass is 35.5. The van der Waals surface area contributed by atoms with E-state index in [1.165, 1.54) is 13.2 Å². The highest BCUT2D eigenvalue weighted by molar-refractivity contribution is 6.34. The molecule has 9 heteroatoms. The first-order valence-electron chi connectivity index (χ1n) is 15.3. The summed E-state index contributed by atoms with van der Waals surface area (Å²) in [5.41, 5.74) is 3.18. The van der Waals surface area contributed by atoms with Crippen molar-refractivity contribution in [2.75, 3.05) is 20.3 Å². The third kappa shape index (κ3) is 8.26. The lowest BCUT2D eigenvalue weighted by atomic mass is 9.91. The molecule has 3 aliphatic rings. The van der Waals surface area contributed by atoms with Gasteiger partial charge in [0.25, 0.3) is 5.79 Å². The molecule has 2 saturated heterocycles. The molecule has 4 rings (SSSR count). The van der Waals surface area contributed by atoms with E-state index in [-0.39, 0.29) is 11.8 Å². The summed E-state index contributed by atoms with van der Waals surface area (Å²) >= 11 is 7.20. The molecule has 0 bridgehead atoms. The smallest absolute Gasteiger partial charge is 0.372 e. The summed E-state index contributed by atoms with van der Waals surface area (Å²) in [6, 6.07) is 8.74. The number of allylic oxidation sites excluding steroid dienone is 2. The van der Waals surface area contributed by atoms with Crippen molar-refractivity contribution in [3.05, 3.63) is 60.4 Å². The zero-order chi connectivity index (χ0) is 29.8. The summed E-state index contributed by atoms with van der Waals surface area (Å²) in [6.45, 7) is 3.10. The molecule has 3 fully saturated rings. The average Bonchev–Trinajstić information content (AvgIpc) is 3.37. The molecule has 0 amide bonds. The fourth-order valence-corrected chi connectivity index (χ4v) is 6.02. The molecule has 3 unspecified atom stereocenters. The van der Waals surface area contributed by atoms with Crippen LogP contribution in [0.15, 0.2) is 60.4 Å². The van der Waals surface area contributed by atoms with Gasteiger partial charge in [-0.2, -0.15) is 0 Å². The second kappa shape index (κ2) is 16.1. The van der Waals surface area contributed by atoms with Gasteiger partial charge in [-0.3, -0.25) is 0 Å². The second-order valence-electron chi connectivity index (χ2n) is 11.1. The number of esters is 1. The van der Waals surface area contributed by atoms with Gasteiger partial charge in [0.15, 0.2) is 12.6 Å². The Bertz CT molecular complexity index is 1040. The number of aliphatic hydroxyl groups is 1. The Kier molecular flexibility index (Phi) is 12.5. The van der Waals surface area contributed by atoms with E-state index in [0.717, 1.165) is 44.9 Å². The van der Waals surface area contributed by atoms with Crippen molar-refractivity contribution in [1.82, 2.24) is 0 Å². The summed E-state index contributed by atoms with van der Waals surface area (Å²) in [7, 11) is 1.23. The van der Waals surface area contributed by atoms with Crippen LogP contribution in [0, 0.1) is 11.8 Å². The predicted molar refractivity (Wildman–Crippen MR) is 159 cm³/mol. The number of hydrogen-bond donors (Lipinski definition) is 1. The fourth-order valence-electron chi connectivity index (χ4n) is 5.71. The first-order valence-corrected chi connectivity index (χ1v) is 15.7. The van der Waals surface area contributed by atoms with Crippen molar-refractivity contribution >= 4 is 17.6 Å². The number of methoxy groups -OCH3 is 1. The van der Waals surface area contributed by atoms with Gasteiger partial charge in [0.05, 0.1) is 13.2 Å². The van der Waals surface area contributed by atoms with Crippen LogP contribution in [-0.2, 0) is 28.5 Å². The molecule has 6 atom stereocenters. The van der Waals surface area contributed by atoms with E-state index in [4.69, 9.17) is 40.0 Å². The molecule has 1 aromatic carbocycles. The van der Waals surface area contributed by atoms with E-state index in [1.807, 2.05) is 12.1 Å². The van der Waals surface area contributed by atoms with Crippen LogP contribution < -0.4 is 4.74 Å². The van der Waals surface area contributed by atoms with Crippen LogP contribution >= 0.6 is 11.6 Å². The zero-order valence-electron chi connectivity index (χ0n) is 24.8. The van der Waals surface area contributed by atoms with E-state index in [1.54, 1.807) is 24.3 Å². The fraction of sp³-hybridized carbons (Fsp3) is 0.636. The molecule has 1 saturated carbocycles. The number of carbonyl (C=O) groups excluding carboxylic acids is 1. The Morgan fingerprint density at radius 3 is 2.29 bits per heavy atom. The van der Waals surface area contributed by atoms with Gasteiger partial charge in [-0.1, -0.05) is 48.9 Å². The van der Waals surface area contributed by atoms with Gasteiger partial charge in [-0.25, -0.2) is 4.79 Å². The van der Waals surface area contributed by atoms with Gasteiger partial charge < -0.3 is 33.5 Å². The molecule has 1 aromatic rings. The second-order valence-corrected chi connectivity index (χ2v) is 11.6. The quantitative estimate of drug-likeness (QED) is 0.0908. The van der Waals surface area contributed by atoms with Crippen LogP contribution in [0.4, 0.5) is 0 Å². The van der Waals surface area contributed by atoms with E-state index in [9.17, 15) is 9.90 Å². The summed E-state index contributed by atoms with van der Waals surface area (Å²) in [4.78, 5) is 13.6. The minimum Gasteiger partial charge on any atom is -0.465 e. The molecule has 0 radical (unpaired) electrons. The van der Waals surface area contributed by atoms with E-state index >= 15 is 0 Å². The summed E-state index contributed by atoms with van der Waals surface area (Å²) in [5, 5.41) is 8.34. The minimum atomic E-state index is -2.33. The van der Waals surface area contributed by atoms with Crippen LogP contribution in [0.3, 0.4) is 0 Å². The van der Waals surface area contributed by atoms with Crippen molar-refractivity contribution < 1.29 is 38.3 Å². The van der Waals surface area contributed by atoms with Crippen LogP contribution in [0.2, 0.25) is 0 Å². The lowest BCUT2D eigenvalue weighted by Crippen LogP contribution is -2.64. The van der Waals surface area contributed by atoms with Crippen molar-refractivity contribution in [2.24, 2.45) is 11.8 Å². The van der Waals surface area contributed by atoms with Crippen molar-refractivity contribution in [3.8, 4) is 5.75 Å². The highest BCUT2D eigenvalue weighted by Crippen LogP contribution is 2.43. The van der Waals surface area contributed by atoms with Gasteiger partial charge in [-0.05, 0) is 94.3 Å². The Hall–Kier alpha value is -2.16. The molecule has 1 aliphatic carbocycles. The Labute approximate surface area is 254 Å². The van der Waals surface area contributed by atoms with Gasteiger partial charge in [-0.15, -0.1) is 5.73 Å². The van der Waals surface area contributed by atoms with Crippen LogP contribution in [-0.4, -0.2) is 60.9 Å². The highest BCUT2D eigenvalue weighted by Gasteiger charge is 2.63. The number of para-hydroxylation sites is 1. The molecule has 0 spiro atoms. The van der Waals surface area contributed by atoms with Crippen molar-refractivity contribution in [1.29, 1.82) is 0 Å². The predicted octanol–water partition coefficient (Wildman–Crippen LogP) is 6.41. The van der Waals surface area contributed by atoms with Crippen molar-refractivity contribution in [3.63, 3.8) is 0 Å². The third-order valence-corrected chi connectivity index (χ3v) is 8.52. The number of hydrogen-bond acceptors (Lipinski definition) is 8. The molecule has 1 N–H and O–H groups in total. The molecule has 8 nitrogen and oxygen atoms in total. The van der Waals surface area contributed by atoms with E-state index in [2.05, 4.69) is 24.8 Å². The van der Waals surface area contributed by atoms with Crippen LogP contribution in [0.1, 0.15) is 71.1 Å². The molecule has 2 aliphatic heterocycles. The monoisotopic (exact) mass is 604 g/mol. The molecule has 42 heavy (non-hydrogen) atoms. The zero-order valence-corrected chi connectivity index (χ0v) is 25.5. The molecular formula is C33H45ClO8. The molecule has 0 aromatic heterocycles.